The second-order valence-corrected chi connectivity index (χ2v) is 5.19. The molecule has 1 aliphatic rings. The van der Waals surface area contributed by atoms with Gasteiger partial charge >= 0.3 is 0 Å². The van der Waals surface area contributed by atoms with Crippen LogP contribution < -0.4 is 10.6 Å². The Bertz CT molecular complexity index is 235. The van der Waals surface area contributed by atoms with Crippen LogP contribution >= 0.6 is 0 Å². The number of rotatable bonds is 5. The molecule has 17 heavy (non-hydrogen) atoms. The van der Waals surface area contributed by atoms with E-state index in [-0.39, 0.29) is 11.9 Å². The Hall–Kier alpha value is -0.610. The summed E-state index contributed by atoms with van der Waals surface area (Å²) < 4.78 is 0. The Morgan fingerprint density at radius 2 is 1.88 bits per heavy atom. The highest BCUT2D eigenvalue weighted by molar-refractivity contribution is 5.81. The molecule has 4 nitrogen and oxygen atoms in total. The number of hydrogen-bond donors (Lipinski definition) is 2. The van der Waals surface area contributed by atoms with Crippen LogP contribution in [0.3, 0.4) is 0 Å². The lowest BCUT2D eigenvalue weighted by molar-refractivity contribution is -0.122. The van der Waals surface area contributed by atoms with Crippen molar-refractivity contribution in [2.45, 2.75) is 58.7 Å². The monoisotopic (exact) mass is 241 g/mol. The van der Waals surface area contributed by atoms with Crippen molar-refractivity contribution >= 4 is 5.91 Å². The Morgan fingerprint density at radius 1 is 1.29 bits per heavy atom. The lowest BCUT2D eigenvalue weighted by atomic mass is 10.0. The second kappa shape index (κ2) is 6.97. The van der Waals surface area contributed by atoms with Gasteiger partial charge in [-0.3, -0.25) is 4.79 Å². The van der Waals surface area contributed by atoms with Gasteiger partial charge in [0.1, 0.15) is 0 Å². The Kier molecular flexibility index (Phi) is 5.92. The van der Waals surface area contributed by atoms with Crippen molar-refractivity contribution in [3.63, 3.8) is 0 Å². The largest absolute Gasteiger partial charge is 0.355 e. The average molecular weight is 241 g/mol. The second-order valence-electron chi connectivity index (χ2n) is 5.19. The van der Waals surface area contributed by atoms with E-state index in [1.165, 1.54) is 0 Å². The lowest BCUT2D eigenvalue weighted by Crippen LogP contribution is -2.51. The molecular weight excluding hydrogens is 214 g/mol. The van der Waals surface area contributed by atoms with Crippen LogP contribution in [0.25, 0.3) is 0 Å². The van der Waals surface area contributed by atoms with Crippen molar-refractivity contribution in [2.24, 2.45) is 0 Å². The van der Waals surface area contributed by atoms with Gasteiger partial charge in [0.25, 0.3) is 0 Å². The third-order valence-corrected chi connectivity index (χ3v) is 3.49. The van der Waals surface area contributed by atoms with Crippen LogP contribution in [0.2, 0.25) is 0 Å². The van der Waals surface area contributed by atoms with Gasteiger partial charge < -0.3 is 15.5 Å². The van der Waals surface area contributed by atoms with Crippen LogP contribution in [0.15, 0.2) is 0 Å². The molecule has 0 spiro atoms. The van der Waals surface area contributed by atoms with Crippen molar-refractivity contribution in [1.29, 1.82) is 0 Å². The van der Waals surface area contributed by atoms with Gasteiger partial charge in [0, 0.05) is 18.6 Å². The molecule has 0 aliphatic carbocycles. The van der Waals surface area contributed by atoms with E-state index < -0.39 is 0 Å². The van der Waals surface area contributed by atoms with Gasteiger partial charge in [-0.15, -0.1) is 0 Å². The minimum Gasteiger partial charge on any atom is -0.355 e. The van der Waals surface area contributed by atoms with Gasteiger partial charge in [-0.1, -0.05) is 0 Å². The smallest absolute Gasteiger partial charge is 0.236 e. The van der Waals surface area contributed by atoms with E-state index in [0.717, 1.165) is 25.9 Å². The van der Waals surface area contributed by atoms with E-state index in [4.69, 9.17) is 0 Å². The zero-order chi connectivity index (χ0) is 12.8. The minimum atomic E-state index is -0.0782. The summed E-state index contributed by atoms with van der Waals surface area (Å²) in [5.74, 6) is 0.110. The summed E-state index contributed by atoms with van der Waals surface area (Å²) in [6.45, 7) is 11.4. The number of likely N-dealkylation sites (N-methyl/N-ethyl adjacent to an activating group) is 1. The summed E-state index contributed by atoms with van der Waals surface area (Å²) in [6.07, 6.45) is 2.28. The molecule has 0 aromatic heterocycles. The quantitative estimate of drug-likeness (QED) is 0.754. The van der Waals surface area contributed by atoms with E-state index in [9.17, 15) is 4.79 Å². The third kappa shape index (κ3) is 4.64. The number of likely N-dealkylation sites (tertiary alicyclic amines) is 1. The maximum Gasteiger partial charge on any atom is 0.236 e. The molecule has 0 radical (unpaired) electrons. The number of hydrogen-bond acceptors (Lipinski definition) is 3. The summed E-state index contributed by atoms with van der Waals surface area (Å²) in [6, 6.07) is 1.05. The summed E-state index contributed by atoms with van der Waals surface area (Å²) in [5, 5.41) is 6.27. The molecule has 0 aromatic carbocycles. The summed E-state index contributed by atoms with van der Waals surface area (Å²) in [4.78, 5) is 14.1. The summed E-state index contributed by atoms with van der Waals surface area (Å²) in [5.41, 5.74) is 0. The fraction of sp³-hybridized carbons (Fsp3) is 0.923. The first-order chi connectivity index (χ1) is 8.04. The zero-order valence-electron chi connectivity index (χ0n) is 11.6. The number of nitrogens with zero attached hydrogens (tertiary/aromatic N) is 1. The van der Waals surface area contributed by atoms with Crippen molar-refractivity contribution in [1.82, 2.24) is 15.5 Å². The van der Waals surface area contributed by atoms with Crippen molar-refractivity contribution in [3.8, 4) is 0 Å². The molecule has 1 amide bonds. The highest BCUT2D eigenvalue weighted by Gasteiger charge is 2.23. The van der Waals surface area contributed by atoms with Crippen molar-refractivity contribution < 1.29 is 4.79 Å². The SMILES string of the molecule is CCNC(=O)[C@H](C)NC1CCN(C(C)C)CC1. The minimum absolute atomic E-state index is 0.0782. The first-order valence-corrected chi connectivity index (χ1v) is 6.82. The predicted octanol–water partition coefficient (Wildman–Crippen LogP) is 0.973. The Labute approximate surface area is 105 Å². The van der Waals surface area contributed by atoms with Crippen LogP contribution in [0.4, 0.5) is 0 Å². The molecule has 0 bridgehead atoms. The maximum absolute atomic E-state index is 11.6. The van der Waals surface area contributed by atoms with Crippen LogP contribution in [0.1, 0.15) is 40.5 Å². The van der Waals surface area contributed by atoms with E-state index in [1.54, 1.807) is 0 Å². The van der Waals surface area contributed by atoms with Crippen LogP contribution in [-0.4, -0.2) is 48.6 Å². The fourth-order valence-corrected chi connectivity index (χ4v) is 2.34. The Balaban J connectivity index is 2.28. The number of amides is 1. The first kappa shape index (κ1) is 14.5. The van der Waals surface area contributed by atoms with Crippen LogP contribution in [-0.2, 0) is 4.79 Å². The number of nitrogens with one attached hydrogen (secondary N) is 2. The normalized spacial score (nSPS) is 20.5. The molecule has 1 atom stereocenters. The molecule has 0 unspecified atom stereocenters. The van der Waals surface area contributed by atoms with E-state index in [2.05, 4.69) is 29.4 Å². The molecule has 100 valence electrons. The van der Waals surface area contributed by atoms with Gasteiger partial charge in [0.2, 0.25) is 5.91 Å². The van der Waals surface area contributed by atoms with Gasteiger partial charge in [-0.2, -0.15) is 0 Å². The number of carbonyl (C=O) groups excluding carboxylic acids is 1. The fourth-order valence-electron chi connectivity index (χ4n) is 2.34. The van der Waals surface area contributed by atoms with Gasteiger partial charge in [-0.05, 0) is 53.6 Å². The molecule has 0 aromatic rings. The van der Waals surface area contributed by atoms with E-state index in [1.807, 2.05) is 13.8 Å². The zero-order valence-corrected chi connectivity index (χ0v) is 11.6. The molecular formula is C13H27N3O. The van der Waals surface area contributed by atoms with Crippen LogP contribution in [0, 0.1) is 0 Å². The molecule has 4 heteroatoms. The topological polar surface area (TPSA) is 44.4 Å². The van der Waals surface area contributed by atoms with Crippen molar-refractivity contribution in [2.75, 3.05) is 19.6 Å². The average Bonchev–Trinajstić information content (AvgIpc) is 2.30. The third-order valence-electron chi connectivity index (χ3n) is 3.49. The molecule has 1 saturated heterocycles. The standard InChI is InChI=1S/C13H27N3O/c1-5-14-13(17)11(4)15-12-6-8-16(9-7-12)10(2)3/h10-12,15H,5-9H2,1-4H3,(H,14,17)/t11-/m0/s1. The van der Waals surface area contributed by atoms with Gasteiger partial charge in [-0.25, -0.2) is 0 Å². The number of piperidine rings is 1. The van der Waals surface area contributed by atoms with Gasteiger partial charge in [0.15, 0.2) is 0 Å². The molecule has 1 heterocycles. The van der Waals surface area contributed by atoms with Crippen molar-refractivity contribution in [3.05, 3.63) is 0 Å². The lowest BCUT2D eigenvalue weighted by Gasteiger charge is -2.35. The molecule has 0 saturated carbocycles. The highest BCUT2D eigenvalue weighted by Crippen LogP contribution is 2.13. The maximum atomic E-state index is 11.6. The van der Waals surface area contributed by atoms with E-state index >= 15 is 0 Å². The predicted molar refractivity (Wildman–Crippen MR) is 71.0 cm³/mol. The molecule has 1 rings (SSSR count). The van der Waals surface area contributed by atoms with Gasteiger partial charge in [0.05, 0.1) is 6.04 Å². The first-order valence-electron chi connectivity index (χ1n) is 6.82. The number of carbonyl (C=O) groups is 1. The molecule has 2 N–H and O–H groups in total. The molecule has 1 fully saturated rings. The van der Waals surface area contributed by atoms with Crippen LogP contribution in [0.5, 0.6) is 0 Å². The highest BCUT2D eigenvalue weighted by atomic mass is 16.2. The molecule has 1 aliphatic heterocycles. The summed E-state index contributed by atoms with van der Waals surface area (Å²) >= 11 is 0. The van der Waals surface area contributed by atoms with E-state index in [0.29, 0.717) is 18.6 Å². The summed E-state index contributed by atoms with van der Waals surface area (Å²) in [7, 11) is 0. The Morgan fingerprint density at radius 3 is 2.35 bits per heavy atom.